The van der Waals surface area contributed by atoms with Crippen LogP contribution in [0.2, 0.25) is 5.02 Å². The fourth-order valence-corrected chi connectivity index (χ4v) is 2.71. The van der Waals surface area contributed by atoms with Gasteiger partial charge in [-0.3, -0.25) is 4.99 Å². The molecule has 2 aromatic heterocycles. The van der Waals surface area contributed by atoms with E-state index in [1.54, 1.807) is 25.4 Å². The fourth-order valence-electron chi connectivity index (χ4n) is 2.44. The van der Waals surface area contributed by atoms with E-state index >= 15 is 0 Å². The first-order chi connectivity index (χ1) is 12.7. The van der Waals surface area contributed by atoms with Crippen molar-refractivity contribution in [2.45, 2.75) is 19.3 Å². The molecule has 0 unspecified atom stereocenters. The van der Waals surface area contributed by atoms with Gasteiger partial charge in [-0.15, -0.1) is 24.0 Å². The molecule has 0 saturated heterocycles. The summed E-state index contributed by atoms with van der Waals surface area (Å²) in [6.07, 6.45) is -1.23. The monoisotopic (exact) mass is 531 g/mol. The number of alkyl halides is 3. The SMILES string of the molecule is CN=C(NCc1cccnc1OCC(F)(F)F)N(C)Cc1cc(Cl)cn1C.I. The second kappa shape index (κ2) is 10.7. The zero-order chi connectivity index (χ0) is 20.0. The highest BCUT2D eigenvalue weighted by Crippen LogP contribution is 2.20. The van der Waals surface area contributed by atoms with Gasteiger partial charge in [0, 0.05) is 51.3 Å². The molecule has 0 fully saturated rings. The molecule has 0 spiro atoms. The summed E-state index contributed by atoms with van der Waals surface area (Å²) in [4.78, 5) is 9.95. The van der Waals surface area contributed by atoms with E-state index in [1.807, 2.05) is 29.6 Å². The quantitative estimate of drug-likeness (QED) is 0.350. The van der Waals surface area contributed by atoms with E-state index in [0.29, 0.717) is 23.1 Å². The maximum Gasteiger partial charge on any atom is 0.422 e. The summed E-state index contributed by atoms with van der Waals surface area (Å²) in [5.41, 5.74) is 1.49. The van der Waals surface area contributed by atoms with Gasteiger partial charge in [0.15, 0.2) is 12.6 Å². The standard InChI is InChI=1S/C17H21ClF3N5O.HI/c1-22-16(26(3)10-14-7-13(18)9-25(14)2)24-8-12-5-4-6-23-15(12)27-11-17(19,20)21;/h4-7,9H,8,10-11H2,1-3H3,(H,22,24);1H. The third-order valence-corrected chi connectivity index (χ3v) is 3.91. The summed E-state index contributed by atoms with van der Waals surface area (Å²) >= 11 is 6.00. The van der Waals surface area contributed by atoms with Crippen LogP contribution in [-0.4, -0.2) is 47.3 Å². The van der Waals surface area contributed by atoms with E-state index in [4.69, 9.17) is 16.3 Å². The lowest BCUT2D eigenvalue weighted by Gasteiger charge is -2.22. The van der Waals surface area contributed by atoms with E-state index in [0.717, 1.165) is 5.69 Å². The van der Waals surface area contributed by atoms with Crippen molar-refractivity contribution < 1.29 is 17.9 Å². The first kappa shape index (κ1) is 24.3. The fraction of sp³-hybridized carbons (Fsp3) is 0.412. The Morgan fingerprint density at radius 2 is 2.14 bits per heavy atom. The molecule has 0 aromatic carbocycles. The molecule has 2 rings (SSSR count). The van der Waals surface area contributed by atoms with Crippen molar-refractivity contribution in [3.8, 4) is 5.88 Å². The number of nitrogens with one attached hydrogen (secondary N) is 1. The molecule has 0 aliphatic rings. The number of rotatable bonds is 6. The predicted octanol–water partition coefficient (Wildman–Crippen LogP) is 3.84. The van der Waals surface area contributed by atoms with E-state index in [9.17, 15) is 13.2 Å². The number of aromatic nitrogens is 2. The zero-order valence-corrected chi connectivity index (χ0v) is 18.7. The molecule has 156 valence electrons. The summed E-state index contributed by atoms with van der Waals surface area (Å²) in [7, 11) is 5.37. The number of hydrogen-bond donors (Lipinski definition) is 1. The Kier molecular flexibility index (Phi) is 9.34. The lowest BCUT2D eigenvalue weighted by Crippen LogP contribution is -2.38. The molecule has 0 amide bonds. The van der Waals surface area contributed by atoms with Gasteiger partial charge in [0.1, 0.15) is 0 Å². The summed E-state index contributed by atoms with van der Waals surface area (Å²) < 4.78 is 43.9. The normalized spacial score (nSPS) is 11.8. The number of hydrogen-bond acceptors (Lipinski definition) is 3. The van der Waals surface area contributed by atoms with Crippen LogP contribution in [0.15, 0.2) is 35.6 Å². The molecular weight excluding hydrogens is 510 g/mol. The van der Waals surface area contributed by atoms with Gasteiger partial charge in [-0.1, -0.05) is 17.7 Å². The Bertz CT molecular complexity index is 797. The average molecular weight is 532 g/mol. The minimum absolute atomic E-state index is 0. The number of guanidine groups is 1. The van der Waals surface area contributed by atoms with Gasteiger partial charge in [-0.2, -0.15) is 13.2 Å². The van der Waals surface area contributed by atoms with Crippen LogP contribution in [0.4, 0.5) is 13.2 Å². The highest BCUT2D eigenvalue weighted by Gasteiger charge is 2.29. The van der Waals surface area contributed by atoms with Crippen LogP contribution in [-0.2, 0) is 20.1 Å². The first-order valence-corrected chi connectivity index (χ1v) is 8.43. The molecule has 0 bridgehead atoms. The van der Waals surface area contributed by atoms with Gasteiger partial charge < -0.3 is 19.5 Å². The van der Waals surface area contributed by atoms with Gasteiger partial charge in [0.2, 0.25) is 5.88 Å². The zero-order valence-electron chi connectivity index (χ0n) is 15.6. The molecule has 0 aliphatic carbocycles. The van der Waals surface area contributed by atoms with Crippen molar-refractivity contribution >= 4 is 41.5 Å². The average Bonchev–Trinajstić information content (AvgIpc) is 2.91. The third-order valence-electron chi connectivity index (χ3n) is 3.71. The predicted molar refractivity (Wildman–Crippen MR) is 113 cm³/mol. The minimum atomic E-state index is -4.42. The summed E-state index contributed by atoms with van der Waals surface area (Å²) in [5.74, 6) is 0.507. The highest BCUT2D eigenvalue weighted by molar-refractivity contribution is 14.0. The van der Waals surface area contributed by atoms with Crippen LogP contribution in [0.1, 0.15) is 11.3 Å². The molecule has 2 heterocycles. The van der Waals surface area contributed by atoms with Gasteiger partial charge >= 0.3 is 6.18 Å². The van der Waals surface area contributed by atoms with E-state index in [-0.39, 0.29) is 36.4 Å². The van der Waals surface area contributed by atoms with Crippen molar-refractivity contribution in [1.29, 1.82) is 0 Å². The first-order valence-electron chi connectivity index (χ1n) is 8.05. The molecule has 2 aromatic rings. The number of halogens is 5. The molecule has 1 N–H and O–H groups in total. The molecule has 11 heteroatoms. The van der Waals surface area contributed by atoms with Crippen LogP contribution in [0, 0.1) is 0 Å². The van der Waals surface area contributed by atoms with Crippen LogP contribution in [0.5, 0.6) is 5.88 Å². The minimum Gasteiger partial charge on any atom is -0.468 e. The smallest absolute Gasteiger partial charge is 0.422 e. The van der Waals surface area contributed by atoms with Gasteiger partial charge in [0.05, 0.1) is 11.6 Å². The Labute approximate surface area is 183 Å². The maximum absolute atomic E-state index is 12.4. The second-order valence-electron chi connectivity index (χ2n) is 5.89. The Morgan fingerprint density at radius 1 is 1.43 bits per heavy atom. The van der Waals surface area contributed by atoms with Crippen molar-refractivity contribution in [3.63, 3.8) is 0 Å². The van der Waals surface area contributed by atoms with Crippen LogP contribution < -0.4 is 10.1 Å². The van der Waals surface area contributed by atoms with Crippen molar-refractivity contribution in [2.24, 2.45) is 12.0 Å². The number of aliphatic imine (C=N–C) groups is 1. The molecule has 6 nitrogen and oxygen atoms in total. The van der Waals surface area contributed by atoms with E-state index in [1.165, 1.54) is 6.20 Å². The largest absolute Gasteiger partial charge is 0.468 e. The summed E-state index contributed by atoms with van der Waals surface area (Å²) in [6.45, 7) is -0.626. The van der Waals surface area contributed by atoms with Crippen LogP contribution in [0.25, 0.3) is 0 Å². The van der Waals surface area contributed by atoms with E-state index < -0.39 is 12.8 Å². The Morgan fingerprint density at radius 3 is 2.71 bits per heavy atom. The lowest BCUT2D eigenvalue weighted by atomic mass is 10.2. The van der Waals surface area contributed by atoms with E-state index in [2.05, 4.69) is 15.3 Å². The van der Waals surface area contributed by atoms with Gasteiger partial charge in [0.25, 0.3) is 0 Å². The molecule has 28 heavy (non-hydrogen) atoms. The summed E-state index contributed by atoms with van der Waals surface area (Å²) in [5, 5.41) is 3.75. The topological polar surface area (TPSA) is 54.7 Å². The number of ether oxygens (including phenoxy) is 1. The maximum atomic E-state index is 12.4. The number of nitrogens with zero attached hydrogens (tertiary/aromatic N) is 4. The molecular formula is C17H22ClF3IN5O. The molecule has 0 saturated carbocycles. The number of aryl methyl sites for hydroxylation is 1. The van der Waals surface area contributed by atoms with Crippen LogP contribution in [0.3, 0.4) is 0 Å². The van der Waals surface area contributed by atoms with Gasteiger partial charge in [-0.25, -0.2) is 4.98 Å². The summed E-state index contributed by atoms with van der Waals surface area (Å²) in [6, 6.07) is 5.14. The lowest BCUT2D eigenvalue weighted by molar-refractivity contribution is -0.154. The highest BCUT2D eigenvalue weighted by atomic mass is 127. The van der Waals surface area contributed by atoms with Crippen LogP contribution >= 0.6 is 35.6 Å². The van der Waals surface area contributed by atoms with Crippen molar-refractivity contribution in [1.82, 2.24) is 19.8 Å². The Balaban J connectivity index is 0.00000392. The third kappa shape index (κ3) is 7.38. The molecule has 0 atom stereocenters. The number of pyridine rings is 1. The Hall–Kier alpha value is -1.69. The molecule has 0 radical (unpaired) electrons. The molecule has 0 aliphatic heterocycles. The van der Waals surface area contributed by atoms with Gasteiger partial charge in [-0.05, 0) is 12.1 Å². The van der Waals surface area contributed by atoms with Crippen molar-refractivity contribution in [3.05, 3.63) is 46.9 Å². The second-order valence-corrected chi connectivity index (χ2v) is 6.33. The van der Waals surface area contributed by atoms with Crippen molar-refractivity contribution in [2.75, 3.05) is 20.7 Å².